The predicted octanol–water partition coefficient (Wildman–Crippen LogP) is 5.04. The summed E-state index contributed by atoms with van der Waals surface area (Å²) in [5.41, 5.74) is 0.0116. The van der Waals surface area contributed by atoms with Crippen LogP contribution in [0.4, 0.5) is 4.39 Å². The maximum Gasteiger partial charge on any atom is 0.145 e. The molecule has 1 aliphatic rings. The number of benzene rings is 1. The summed E-state index contributed by atoms with van der Waals surface area (Å²) in [7, 11) is 0. The predicted molar refractivity (Wildman–Crippen MR) is 73.1 cm³/mol. The Labute approximate surface area is 117 Å². The standard InChI is InChI=1S/C14H17Cl2FO/c1-3-14(4-2)12(16)8-13(14)18-9-5-6-10(15)11(17)7-9/h5-7,12-13H,3-4,8H2,1-2H3. The second-order valence-electron chi connectivity index (χ2n) is 4.83. The van der Waals surface area contributed by atoms with E-state index in [2.05, 4.69) is 13.8 Å². The Morgan fingerprint density at radius 3 is 2.56 bits per heavy atom. The van der Waals surface area contributed by atoms with Gasteiger partial charge in [-0.1, -0.05) is 25.4 Å². The summed E-state index contributed by atoms with van der Waals surface area (Å²) in [6.07, 6.45) is 2.82. The lowest BCUT2D eigenvalue weighted by Gasteiger charge is -2.52. The smallest absolute Gasteiger partial charge is 0.145 e. The third-order valence-corrected chi connectivity index (χ3v) is 5.09. The van der Waals surface area contributed by atoms with Gasteiger partial charge in [0.2, 0.25) is 0 Å². The highest BCUT2D eigenvalue weighted by Gasteiger charge is 2.53. The monoisotopic (exact) mass is 290 g/mol. The van der Waals surface area contributed by atoms with E-state index in [-0.39, 0.29) is 21.9 Å². The molecule has 0 radical (unpaired) electrons. The molecule has 18 heavy (non-hydrogen) atoms. The van der Waals surface area contributed by atoms with Crippen molar-refractivity contribution in [3.8, 4) is 5.75 Å². The molecule has 1 aromatic rings. The molecule has 0 heterocycles. The van der Waals surface area contributed by atoms with Gasteiger partial charge in [-0.3, -0.25) is 0 Å². The Morgan fingerprint density at radius 1 is 1.39 bits per heavy atom. The summed E-state index contributed by atoms with van der Waals surface area (Å²) in [5.74, 6) is 0.0752. The molecule has 1 aliphatic carbocycles. The molecule has 0 N–H and O–H groups in total. The lowest BCUT2D eigenvalue weighted by Crippen LogP contribution is -2.56. The van der Waals surface area contributed by atoms with Gasteiger partial charge in [-0.25, -0.2) is 4.39 Å². The van der Waals surface area contributed by atoms with E-state index in [0.717, 1.165) is 19.3 Å². The average Bonchev–Trinajstić information content (AvgIpc) is 2.35. The fourth-order valence-electron chi connectivity index (χ4n) is 2.73. The maximum atomic E-state index is 13.3. The molecule has 0 amide bonds. The summed E-state index contributed by atoms with van der Waals surface area (Å²) in [4.78, 5) is 0. The van der Waals surface area contributed by atoms with E-state index in [0.29, 0.717) is 5.75 Å². The highest BCUT2D eigenvalue weighted by Crippen LogP contribution is 2.51. The summed E-state index contributed by atoms with van der Waals surface area (Å²) in [6.45, 7) is 4.24. The Kier molecular flexibility index (Phi) is 4.08. The van der Waals surface area contributed by atoms with Crippen molar-refractivity contribution in [1.82, 2.24) is 0 Å². The summed E-state index contributed by atoms with van der Waals surface area (Å²) >= 11 is 12.0. The van der Waals surface area contributed by atoms with Crippen LogP contribution in [-0.4, -0.2) is 11.5 Å². The van der Waals surface area contributed by atoms with Gasteiger partial charge in [-0.05, 0) is 25.0 Å². The van der Waals surface area contributed by atoms with E-state index >= 15 is 0 Å². The molecule has 1 aromatic carbocycles. The largest absolute Gasteiger partial charge is 0.490 e. The molecule has 0 aromatic heterocycles. The molecule has 1 fully saturated rings. The first kappa shape index (κ1) is 14.0. The van der Waals surface area contributed by atoms with Gasteiger partial charge < -0.3 is 4.74 Å². The summed E-state index contributed by atoms with van der Waals surface area (Å²) < 4.78 is 19.2. The molecular weight excluding hydrogens is 274 g/mol. The molecule has 2 atom stereocenters. The molecule has 1 saturated carbocycles. The minimum absolute atomic E-state index is 0.0116. The van der Waals surface area contributed by atoms with E-state index in [9.17, 15) is 4.39 Å². The van der Waals surface area contributed by atoms with Crippen LogP contribution in [-0.2, 0) is 0 Å². The third-order valence-electron chi connectivity index (χ3n) is 4.17. The van der Waals surface area contributed by atoms with Gasteiger partial charge in [-0.2, -0.15) is 0 Å². The van der Waals surface area contributed by atoms with Gasteiger partial charge in [0.1, 0.15) is 17.7 Å². The molecule has 4 heteroatoms. The van der Waals surface area contributed by atoms with Crippen molar-refractivity contribution in [2.75, 3.05) is 0 Å². The van der Waals surface area contributed by atoms with Crippen LogP contribution in [0.3, 0.4) is 0 Å². The van der Waals surface area contributed by atoms with Crippen LogP contribution >= 0.6 is 23.2 Å². The van der Waals surface area contributed by atoms with Crippen molar-refractivity contribution in [2.24, 2.45) is 5.41 Å². The van der Waals surface area contributed by atoms with Crippen molar-refractivity contribution in [3.05, 3.63) is 29.0 Å². The average molecular weight is 291 g/mol. The fourth-order valence-corrected chi connectivity index (χ4v) is 3.46. The molecule has 2 unspecified atom stereocenters. The van der Waals surface area contributed by atoms with Gasteiger partial charge in [0.15, 0.2) is 0 Å². The van der Waals surface area contributed by atoms with Crippen LogP contribution in [0.15, 0.2) is 18.2 Å². The van der Waals surface area contributed by atoms with Crippen molar-refractivity contribution >= 4 is 23.2 Å². The van der Waals surface area contributed by atoms with Crippen LogP contribution < -0.4 is 4.74 Å². The first-order valence-corrected chi connectivity index (χ1v) is 7.10. The molecule has 100 valence electrons. The lowest BCUT2D eigenvalue weighted by molar-refractivity contribution is -0.0463. The molecule has 0 spiro atoms. The second-order valence-corrected chi connectivity index (χ2v) is 5.76. The zero-order chi connectivity index (χ0) is 13.3. The number of ether oxygens (including phenoxy) is 1. The zero-order valence-corrected chi connectivity index (χ0v) is 12.1. The van der Waals surface area contributed by atoms with Gasteiger partial charge in [0, 0.05) is 23.3 Å². The van der Waals surface area contributed by atoms with Crippen molar-refractivity contribution in [1.29, 1.82) is 0 Å². The molecule has 2 rings (SSSR count). The highest BCUT2D eigenvalue weighted by atomic mass is 35.5. The van der Waals surface area contributed by atoms with E-state index in [4.69, 9.17) is 27.9 Å². The zero-order valence-electron chi connectivity index (χ0n) is 10.6. The van der Waals surface area contributed by atoms with Crippen LogP contribution in [0, 0.1) is 11.2 Å². The van der Waals surface area contributed by atoms with Crippen LogP contribution in [0.2, 0.25) is 5.02 Å². The Balaban J connectivity index is 2.12. The minimum atomic E-state index is -0.450. The normalized spacial score (nSPS) is 25.6. The third kappa shape index (κ3) is 2.21. The molecular formula is C14H17Cl2FO. The van der Waals surface area contributed by atoms with Gasteiger partial charge in [0.05, 0.1) is 5.02 Å². The van der Waals surface area contributed by atoms with Crippen LogP contribution in [0.25, 0.3) is 0 Å². The van der Waals surface area contributed by atoms with E-state index < -0.39 is 5.82 Å². The topological polar surface area (TPSA) is 9.23 Å². The first-order chi connectivity index (χ1) is 8.53. The molecule has 0 aliphatic heterocycles. The van der Waals surface area contributed by atoms with Crippen molar-refractivity contribution < 1.29 is 9.13 Å². The summed E-state index contributed by atoms with van der Waals surface area (Å²) in [5, 5.41) is 0.262. The van der Waals surface area contributed by atoms with E-state index in [1.165, 1.54) is 12.1 Å². The molecule has 1 nitrogen and oxygen atoms in total. The lowest BCUT2D eigenvalue weighted by atomic mass is 9.62. The number of hydrogen-bond donors (Lipinski definition) is 0. The van der Waals surface area contributed by atoms with Gasteiger partial charge >= 0.3 is 0 Å². The van der Waals surface area contributed by atoms with E-state index in [1.54, 1.807) is 6.07 Å². The number of rotatable bonds is 4. The quantitative estimate of drug-likeness (QED) is 0.706. The summed E-state index contributed by atoms with van der Waals surface area (Å²) in [6, 6.07) is 4.55. The van der Waals surface area contributed by atoms with Crippen LogP contribution in [0.1, 0.15) is 33.1 Å². The number of alkyl halides is 1. The number of hydrogen-bond acceptors (Lipinski definition) is 1. The Morgan fingerprint density at radius 2 is 2.06 bits per heavy atom. The second kappa shape index (κ2) is 5.26. The van der Waals surface area contributed by atoms with E-state index in [1.807, 2.05) is 0 Å². The highest BCUT2D eigenvalue weighted by molar-refractivity contribution is 6.30. The molecule has 0 bridgehead atoms. The van der Waals surface area contributed by atoms with Gasteiger partial charge in [-0.15, -0.1) is 11.6 Å². The fraction of sp³-hybridized carbons (Fsp3) is 0.571. The SMILES string of the molecule is CCC1(CC)C(Cl)CC1Oc1ccc(Cl)c(F)c1. The van der Waals surface area contributed by atoms with Crippen LogP contribution in [0.5, 0.6) is 5.75 Å². The van der Waals surface area contributed by atoms with Gasteiger partial charge in [0.25, 0.3) is 0 Å². The first-order valence-electron chi connectivity index (χ1n) is 6.29. The Bertz CT molecular complexity index is 432. The minimum Gasteiger partial charge on any atom is -0.490 e. The van der Waals surface area contributed by atoms with Crippen molar-refractivity contribution in [3.63, 3.8) is 0 Å². The Hall–Kier alpha value is -0.470. The molecule has 0 saturated heterocycles. The van der Waals surface area contributed by atoms with Crippen molar-refractivity contribution in [2.45, 2.75) is 44.6 Å². The maximum absolute atomic E-state index is 13.3. The number of halogens is 3.